The van der Waals surface area contributed by atoms with Gasteiger partial charge in [-0.25, -0.2) is 0 Å². The van der Waals surface area contributed by atoms with Crippen molar-refractivity contribution in [3.63, 3.8) is 0 Å². The molecule has 1 saturated carbocycles. The minimum absolute atomic E-state index is 0.0254. The van der Waals surface area contributed by atoms with Crippen LogP contribution in [0.2, 0.25) is 0 Å². The second kappa shape index (κ2) is 11.6. The molecule has 36 heavy (non-hydrogen) atoms. The summed E-state index contributed by atoms with van der Waals surface area (Å²) < 4.78 is 41.7. The van der Waals surface area contributed by atoms with Crippen molar-refractivity contribution in [1.82, 2.24) is 20.5 Å². The van der Waals surface area contributed by atoms with Crippen molar-refractivity contribution in [2.24, 2.45) is 5.41 Å². The second-order valence-electron chi connectivity index (χ2n) is 9.45. The van der Waals surface area contributed by atoms with Crippen LogP contribution in [0.4, 0.5) is 13.2 Å². The van der Waals surface area contributed by atoms with Crippen molar-refractivity contribution < 1.29 is 22.8 Å². The molecule has 10 heteroatoms. The van der Waals surface area contributed by atoms with Crippen LogP contribution < -0.4 is 10.6 Å². The minimum Gasteiger partial charge on any atom is -0.355 e. The molecular formula is C26H33F3N4O2S. The number of hydrogen-bond acceptors (Lipinski definition) is 5. The second-order valence-corrected chi connectivity index (χ2v) is 10.6. The average Bonchev–Trinajstić information content (AvgIpc) is 3.65. The third-order valence-corrected chi connectivity index (χ3v) is 8.26. The third-order valence-electron chi connectivity index (χ3n) is 6.81. The summed E-state index contributed by atoms with van der Waals surface area (Å²) in [6.07, 6.45) is -1.62. The molecule has 1 aromatic carbocycles. The van der Waals surface area contributed by atoms with Gasteiger partial charge in [0.15, 0.2) is 0 Å². The fourth-order valence-electron chi connectivity index (χ4n) is 4.36. The number of amides is 2. The van der Waals surface area contributed by atoms with Crippen LogP contribution in [-0.4, -0.2) is 60.9 Å². The van der Waals surface area contributed by atoms with Crippen LogP contribution in [0.1, 0.15) is 52.2 Å². The van der Waals surface area contributed by atoms with Gasteiger partial charge < -0.3 is 10.6 Å². The van der Waals surface area contributed by atoms with Gasteiger partial charge in [0.2, 0.25) is 5.91 Å². The lowest BCUT2D eigenvalue weighted by Gasteiger charge is -2.29. The molecule has 3 rings (SSSR count). The Morgan fingerprint density at radius 1 is 1.22 bits per heavy atom. The molecule has 0 saturated heterocycles. The van der Waals surface area contributed by atoms with Gasteiger partial charge in [-0.3, -0.25) is 19.5 Å². The summed E-state index contributed by atoms with van der Waals surface area (Å²) in [5, 5.41) is 5.38. The fraction of sp³-hybridized carbons (Fsp3) is 0.500. The predicted molar refractivity (Wildman–Crippen MR) is 136 cm³/mol. The lowest BCUT2D eigenvalue weighted by Crippen LogP contribution is -2.40. The quantitative estimate of drug-likeness (QED) is 0.425. The number of thioether (sulfide) groups is 1. The topological polar surface area (TPSA) is 74.3 Å². The number of aryl methyl sites for hydroxylation is 1. The number of hydrogen-bond donors (Lipinski definition) is 2. The summed E-state index contributed by atoms with van der Waals surface area (Å²) in [5.41, 5.74) is 1.24. The highest BCUT2D eigenvalue weighted by atomic mass is 32.2. The molecule has 2 aromatic rings. The first-order valence-corrected chi connectivity index (χ1v) is 12.9. The zero-order chi connectivity index (χ0) is 26.5. The van der Waals surface area contributed by atoms with Crippen molar-refractivity contribution >= 4 is 23.6 Å². The maximum absolute atomic E-state index is 13.9. The molecule has 196 valence electrons. The molecular weight excluding hydrogens is 489 g/mol. The number of halogens is 3. The molecule has 1 aliphatic carbocycles. The molecule has 1 aromatic heterocycles. The van der Waals surface area contributed by atoms with Gasteiger partial charge in [-0.15, -0.1) is 11.8 Å². The number of carbonyl (C=O) groups excluding carboxylic acids is 2. The number of nitrogens with zero attached hydrogens (tertiary/aromatic N) is 2. The first-order chi connectivity index (χ1) is 17.0. The lowest BCUT2D eigenvalue weighted by molar-refractivity contribution is -0.194. The molecule has 0 radical (unpaired) electrons. The molecule has 2 amide bonds. The highest BCUT2D eigenvalue weighted by molar-refractivity contribution is 7.99. The number of aromatic nitrogens is 1. The van der Waals surface area contributed by atoms with Gasteiger partial charge in [0.05, 0.1) is 10.8 Å². The van der Waals surface area contributed by atoms with E-state index in [1.807, 2.05) is 38.1 Å². The molecule has 0 spiro atoms. The van der Waals surface area contributed by atoms with E-state index in [9.17, 15) is 22.8 Å². The Balaban J connectivity index is 1.62. The highest BCUT2D eigenvalue weighted by Gasteiger charge is 2.67. The summed E-state index contributed by atoms with van der Waals surface area (Å²) in [7, 11) is 5.38. The van der Waals surface area contributed by atoms with Gasteiger partial charge in [-0.1, -0.05) is 12.1 Å². The molecule has 2 atom stereocenters. The molecule has 0 unspecified atom stereocenters. The summed E-state index contributed by atoms with van der Waals surface area (Å²) in [5.74, 6) is -0.848. The SMILES string of the molecule is CNC(=O)c1ccc(CS[C@@H](CNC(=O)C[C@H](c2cccnc2)C2(C(F)(F)F)CC2)N(C)C)c(C)c1. The number of pyridine rings is 1. The van der Waals surface area contributed by atoms with Gasteiger partial charge in [-0.05, 0) is 68.8 Å². The van der Waals surface area contributed by atoms with Crippen molar-refractivity contribution in [2.75, 3.05) is 27.7 Å². The minimum atomic E-state index is -4.37. The first-order valence-electron chi connectivity index (χ1n) is 11.8. The van der Waals surface area contributed by atoms with Crippen LogP contribution in [0.3, 0.4) is 0 Å². The van der Waals surface area contributed by atoms with Gasteiger partial charge in [0.25, 0.3) is 5.91 Å². The Hall–Kier alpha value is -2.59. The normalized spacial score (nSPS) is 16.3. The van der Waals surface area contributed by atoms with Crippen molar-refractivity contribution in [1.29, 1.82) is 0 Å². The Morgan fingerprint density at radius 2 is 1.94 bits per heavy atom. The molecule has 1 heterocycles. The van der Waals surface area contributed by atoms with E-state index in [1.165, 1.54) is 12.4 Å². The van der Waals surface area contributed by atoms with Crippen LogP contribution in [0.5, 0.6) is 0 Å². The van der Waals surface area contributed by atoms with Gasteiger partial charge in [0, 0.05) is 49.6 Å². The summed E-state index contributed by atoms with van der Waals surface area (Å²) >= 11 is 1.62. The fourth-order valence-corrected chi connectivity index (χ4v) is 5.55. The number of carbonyl (C=O) groups is 2. The van der Waals surface area contributed by atoms with E-state index in [1.54, 1.807) is 37.0 Å². The first kappa shape index (κ1) is 28.0. The third kappa shape index (κ3) is 6.59. The van der Waals surface area contributed by atoms with Gasteiger partial charge >= 0.3 is 6.18 Å². The molecule has 0 aliphatic heterocycles. The van der Waals surface area contributed by atoms with E-state index in [0.717, 1.165) is 11.1 Å². The molecule has 6 nitrogen and oxygen atoms in total. The van der Waals surface area contributed by atoms with Crippen LogP contribution in [0.25, 0.3) is 0 Å². The highest BCUT2D eigenvalue weighted by Crippen LogP contribution is 2.66. The molecule has 1 fully saturated rings. The maximum atomic E-state index is 13.9. The Bertz CT molecular complexity index is 1060. The molecule has 1 aliphatic rings. The summed E-state index contributed by atoms with van der Waals surface area (Å²) in [6.45, 7) is 2.24. The Morgan fingerprint density at radius 3 is 2.47 bits per heavy atom. The molecule has 0 bridgehead atoms. The summed E-state index contributed by atoms with van der Waals surface area (Å²) in [6, 6.07) is 8.76. The van der Waals surface area contributed by atoms with Crippen LogP contribution in [0, 0.1) is 12.3 Å². The largest absolute Gasteiger partial charge is 0.395 e. The van der Waals surface area contributed by atoms with E-state index in [2.05, 4.69) is 15.6 Å². The number of rotatable bonds is 11. The maximum Gasteiger partial charge on any atom is 0.395 e. The summed E-state index contributed by atoms with van der Waals surface area (Å²) in [4.78, 5) is 30.6. The smallest absolute Gasteiger partial charge is 0.355 e. The molecule has 2 N–H and O–H groups in total. The van der Waals surface area contributed by atoms with E-state index in [-0.39, 0.29) is 30.5 Å². The van der Waals surface area contributed by atoms with Gasteiger partial charge in [0.1, 0.15) is 0 Å². The van der Waals surface area contributed by atoms with Crippen molar-refractivity contribution in [3.05, 3.63) is 65.0 Å². The van der Waals surface area contributed by atoms with E-state index in [0.29, 0.717) is 23.4 Å². The monoisotopic (exact) mass is 522 g/mol. The van der Waals surface area contributed by atoms with Gasteiger partial charge in [-0.2, -0.15) is 13.2 Å². The Kier molecular flexibility index (Phi) is 9.05. The van der Waals surface area contributed by atoms with Crippen molar-refractivity contribution in [3.8, 4) is 0 Å². The zero-order valence-electron chi connectivity index (χ0n) is 21.0. The van der Waals surface area contributed by atoms with Crippen molar-refractivity contribution in [2.45, 2.75) is 49.4 Å². The van der Waals surface area contributed by atoms with E-state index >= 15 is 0 Å². The zero-order valence-corrected chi connectivity index (χ0v) is 21.8. The average molecular weight is 523 g/mol. The van der Waals surface area contributed by atoms with E-state index in [4.69, 9.17) is 0 Å². The van der Waals surface area contributed by atoms with E-state index < -0.39 is 23.4 Å². The number of nitrogens with one attached hydrogen (secondary N) is 2. The van der Waals surface area contributed by atoms with Crippen LogP contribution in [-0.2, 0) is 10.5 Å². The lowest BCUT2D eigenvalue weighted by atomic mass is 9.80. The Labute approximate surface area is 214 Å². The van der Waals surface area contributed by atoms with Crippen LogP contribution in [0.15, 0.2) is 42.7 Å². The van der Waals surface area contributed by atoms with Crippen LogP contribution >= 0.6 is 11.8 Å². The standard InChI is InChI=1S/C26H33F3N4O2S/c1-17-12-18(24(35)30-2)7-8-20(17)16-36-23(33(3)4)15-32-22(34)13-21(19-6-5-11-31-14-19)25(9-10-25)26(27,28)29/h5-8,11-12,14,21,23H,9-10,13,15-16H2,1-4H3,(H,30,35)(H,32,34)/t21-,23+/m1/s1. The predicted octanol–water partition coefficient (Wildman–Crippen LogP) is 4.50. The number of alkyl halides is 3. The number of benzene rings is 1. The number of likely N-dealkylation sites (N-methyl/N-ethyl adjacent to an activating group) is 1.